The number of fused-ring (bicyclic) bond motifs is 3. The van der Waals surface area contributed by atoms with Crippen LogP contribution in [0.4, 0.5) is 0 Å². The fourth-order valence-electron chi connectivity index (χ4n) is 1.83. The van der Waals surface area contributed by atoms with Gasteiger partial charge in [0.15, 0.2) is 5.58 Å². The zero-order valence-corrected chi connectivity index (χ0v) is 9.71. The topological polar surface area (TPSA) is 26.0 Å². The summed E-state index contributed by atoms with van der Waals surface area (Å²) in [6.45, 7) is 2.04. The van der Waals surface area contributed by atoms with Gasteiger partial charge in [-0.1, -0.05) is 15.9 Å². The van der Waals surface area contributed by atoms with Crippen LogP contribution in [-0.2, 0) is 0 Å². The minimum absolute atomic E-state index is 0.841. The highest BCUT2D eigenvalue weighted by molar-refractivity contribution is 9.10. The summed E-state index contributed by atoms with van der Waals surface area (Å²) in [5, 5.41) is 1.07. The summed E-state index contributed by atoms with van der Waals surface area (Å²) in [7, 11) is 0. The Kier molecular flexibility index (Phi) is 1.83. The van der Waals surface area contributed by atoms with Crippen molar-refractivity contribution in [2.24, 2.45) is 0 Å². The van der Waals surface area contributed by atoms with Crippen molar-refractivity contribution < 1.29 is 4.42 Å². The lowest BCUT2D eigenvalue weighted by Gasteiger charge is -1.95. The molecule has 15 heavy (non-hydrogen) atoms. The molecule has 3 aromatic rings. The Morgan fingerprint density at radius 2 is 2.20 bits per heavy atom. The Morgan fingerprint density at radius 3 is 3.07 bits per heavy atom. The average Bonchev–Trinajstić information content (AvgIpc) is 2.57. The molecule has 0 saturated heterocycles. The van der Waals surface area contributed by atoms with Crippen LogP contribution < -0.4 is 0 Å². The number of pyridine rings is 1. The van der Waals surface area contributed by atoms with E-state index in [2.05, 4.69) is 20.9 Å². The molecule has 0 atom stereocenters. The van der Waals surface area contributed by atoms with Gasteiger partial charge >= 0.3 is 0 Å². The molecule has 0 fully saturated rings. The number of hydrogen-bond donors (Lipinski definition) is 0. The van der Waals surface area contributed by atoms with E-state index in [0.29, 0.717) is 0 Å². The minimum atomic E-state index is 0.841. The number of furan rings is 1. The Balaban J connectivity index is 2.61. The lowest BCUT2D eigenvalue weighted by molar-refractivity contribution is 0.665. The number of aryl methyl sites for hydroxylation is 1. The third kappa shape index (κ3) is 1.27. The van der Waals surface area contributed by atoms with Gasteiger partial charge in [-0.25, -0.2) is 0 Å². The Labute approximate surface area is 95.0 Å². The molecule has 0 N–H and O–H groups in total. The van der Waals surface area contributed by atoms with Crippen molar-refractivity contribution in [3.8, 4) is 0 Å². The predicted molar refractivity (Wildman–Crippen MR) is 64.0 cm³/mol. The SMILES string of the molecule is Cc1cc(Br)cc2c1oc1cccnc12. The van der Waals surface area contributed by atoms with E-state index >= 15 is 0 Å². The van der Waals surface area contributed by atoms with Crippen molar-refractivity contribution >= 4 is 38.0 Å². The number of nitrogens with zero attached hydrogens (tertiary/aromatic N) is 1. The fraction of sp³-hybridized carbons (Fsp3) is 0.0833. The average molecular weight is 262 g/mol. The Hall–Kier alpha value is -1.35. The van der Waals surface area contributed by atoms with Gasteiger partial charge in [0.05, 0.1) is 0 Å². The van der Waals surface area contributed by atoms with E-state index in [4.69, 9.17) is 4.42 Å². The first-order chi connectivity index (χ1) is 7.25. The van der Waals surface area contributed by atoms with Crippen molar-refractivity contribution in [3.05, 3.63) is 40.5 Å². The minimum Gasteiger partial charge on any atom is -0.454 e. The first-order valence-electron chi connectivity index (χ1n) is 4.69. The monoisotopic (exact) mass is 261 g/mol. The number of benzene rings is 1. The van der Waals surface area contributed by atoms with Gasteiger partial charge in [0.2, 0.25) is 0 Å². The van der Waals surface area contributed by atoms with Gasteiger partial charge < -0.3 is 4.42 Å². The van der Waals surface area contributed by atoms with Gasteiger partial charge in [0.1, 0.15) is 11.1 Å². The van der Waals surface area contributed by atoms with E-state index in [-0.39, 0.29) is 0 Å². The predicted octanol–water partition coefficient (Wildman–Crippen LogP) is 4.05. The normalized spacial score (nSPS) is 11.3. The molecular formula is C12H8BrNO. The molecule has 74 valence electrons. The van der Waals surface area contributed by atoms with Crippen LogP contribution in [0.5, 0.6) is 0 Å². The zero-order chi connectivity index (χ0) is 10.4. The van der Waals surface area contributed by atoms with Crippen LogP contribution in [0.15, 0.2) is 39.4 Å². The van der Waals surface area contributed by atoms with Crippen LogP contribution in [0.1, 0.15) is 5.56 Å². The summed E-state index contributed by atoms with van der Waals surface area (Å²) in [5.74, 6) is 0. The summed E-state index contributed by atoms with van der Waals surface area (Å²) < 4.78 is 6.81. The van der Waals surface area contributed by atoms with Crippen molar-refractivity contribution in [1.82, 2.24) is 4.98 Å². The van der Waals surface area contributed by atoms with Gasteiger partial charge in [0.25, 0.3) is 0 Å². The molecule has 0 radical (unpaired) electrons. The van der Waals surface area contributed by atoms with E-state index in [1.165, 1.54) is 0 Å². The molecule has 2 aromatic heterocycles. The molecule has 0 saturated carbocycles. The van der Waals surface area contributed by atoms with E-state index in [9.17, 15) is 0 Å². The van der Waals surface area contributed by atoms with Crippen molar-refractivity contribution in [3.63, 3.8) is 0 Å². The summed E-state index contributed by atoms with van der Waals surface area (Å²) in [4.78, 5) is 4.34. The maximum atomic E-state index is 5.75. The van der Waals surface area contributed by atoms with Crippen molar-refractivity contribution in [2.75, 3.05) is 0 Å². The molecule has 2 nitrogen and oxygen atoms in total. The lowest BCUT2D eigenvalue weighted by Crippen LogP contribution is -1.75. The van der Waals surface area contributed by atoms with Gasteiger partial charge in [-0.05, 0) is 36.8 Å². The molecule has 0 aliphatic rings. The van der Waals surface area contributed by atoms with Crippen LogP contribution in [0, 0.1) is 6.92 Å². The molecule has 0 unspecified atom stereocenters. The van der Waals surface area contributed by atoms with Crippen LogP contribution in [0.3, 0.4) is 0 Å². The quantitative estimate of drug-likeness (QED) is 0.610. The largest absolute Gasteiger partial charge is 0.454 e. The molecule has 2 heterocycles. The second-order valence-corrected chi connectivity index (χ2v) is 4.47. The van der Waals surface area contributed by atoms with E-state index in [0.717, 1.165) is 32.1 Å². The highest BCUT2D eigenvalue weighted by Gasteiger charge is 2.09. The zero-order valence-electron chi connectivity index (χ0n) is 8.12. The summed E-state index contributed by atoms with van der Waals surface area (Å²) >= 11 is 3.48. The van der Waals surface area contributed by atoms with Crippen molar-refractivity contribution in [1.29, 1.82) is 0 Å². The van der Waals surface area contributed by atoms with E-state index < -0.39 is 0 Å². The van der Waals surface area contributed by atoms with E-state index in [1.807, 2.05) is 31.2 Å². The van der Waals surface area contributed by atoms with Gasteiger partial charge in [-0.2, -0.15) is 0 Å². The molecule has 0 bridgehead atoms. The van der Waals surface area contributed by atoms with Gasteiger partial charge in [-0.3, -0.25) is 4.98 Å². The first-order valence-corrected chi connectivity index (χ1v) is 5.48. The van der Waals surface area contributed by atoms with Crippen LogP contribution in [-0.4, -0.2) is 4.98 Å². The number of hydrogen-bond acceptors (Lipinski definition) is 2. The number of aromatic nitrogens is 1. The van der Waals surface area contributed by atoms with Crippen molar-refractivity contribution in [2.45, 2.75) is 6.92 Å². The van der Waals surface area contributed by atoms with Gasteiger partial charge in [-0.15, -0.1) is 0 Å². The fourth-order valence-corrected chi connectivity index (χ4v) is 2.40. The standard InChI is InChI=1S/C12H8BrNO/c1-7-5-8(13)6-9-11-10(15-12(7)9)3-2-4-14-11/h2-6H,1H3. The Morgan fingerprint density at radius 1 is 1.33 bits per heavy atom. The third-order valence-electron chi connectivity index (χ3n) is 2.48. The molecule has 0 aliphatic heterocycles. The number of halogens is 1. The summed E-state index contributed by atoms with van der Waals surface area (Å²) in [6.07, 6.45) is 1.79. The van der Waals surface area contributed by atoms with E-state index in [1.54, 1.807) is 6.20 Å². The molecule has 3 rings (SSSR count). The Bertz CT molecular complexity index is 657. The van der Waals surface area contributed by atoms with Crippen LogP contribution in [0.25, 0.3) is 22.1 Å². The second-order valence-electron chi connectivity index (χ2n) is 3.55. The highest BCUT2D eigenvalue weighted by atomic mass is 79.9. The summed E-state index contributed by atoms with van der Waals surface area (Å²) in [5.41, 5.74) is 3.81. The molecular weight excluding hydrogens is 254 g/mol. The maximum absolute atomic E-state index is 5.75. The molecule has 0 amide bonds. The third-order valence-corrected chi connectivity index (χ3v) is 2.94. The van der Waals surface area contributed by atoms with Gasteiger partial charge in [0, 0.05) is 16.1 Å². The summed E-state index contributed by atoms with van der Waals surface area (Å²) in [6, 6.07) is 7.91. The lowest BCUT2D eigenvalue weighted by atomic mass is 10.1. The second kappa shape index (κ2) is 3.07. The smallest absolute Gasteiger partial charge is 0.153 e. The van der Waals surface area contributed by atoms with Crippen LogP contribution >= 0.6 is 15.9 Å². The van der Waals surface area contributed by atoms with Crippen LogP contribution in [0.2, 0.25) is 0 Å². The number of rotatable bonds is 0. The maximum Gasteiger partial charge on any atom is 0.153 e. The molecule has 0 spiro atoms. The highest BCUT2D eigenvalue weighted by Crippen LogP contribution is 2.31. The molecule has 1 aromatic carbocycles. The molecule has 3 heteroatoms. The molecule has 0 aliphatic carbocycles. The first kappa shape index (κ1) is 8.92.